The first-order chi connectivity index (χ1) is 14.0. The molecule has 3 fully saturated rings. The van der Waals surface area contributed by atoms with Crippen molar-refractivity contribution in [1.29, 1.82) is 0 Å². The predicted molar refractivity (Wildman–Crippen MR) is 119 cm³/mol. The van der Waals surface area contributed by atoms with Crippen molar-refractivity contribution in [3.05, 3.63) is 0 Å². The van der Waals surface area contributed by atoms with Crippen LogP contribution in [-0.2, 0) is 9.59 Å². The highest BCUT2D eigenvalue weighted by Crippen LogP contribution is 2.69. The van der Waals surface area contributed by atoms with Gasteiger partial charge in [-0.1, -0.05) is 53.9 Å². The Kier molecular flexibility index (Phi) is 6.94. The molecule has 0 aliphatic heterocycles. The fourth-order valence-corrected chi connectivity index (χ4v) is 8.38. The van der Waals surface area contributed by atoms with Gasteiger partial charge >= 0.3 is 11.9 Å². The summed E-state index contributed by atoms with van der Waals surface area (Å²) in [7, 11) is 0. The first-order valence-corrected chi connectivity index (χ1v) is 12.4. The van der Waals surface area contributed by atoms with Crippen LogP contribution in [0.15, 0.2) is 0 Å². The van der Waals surface area contributed by atoms with Crippen LogP contribution >= 0.6 is 0 Å². The first kappa shape index (κ1) is 23.6. The van der Waals surface area contributed by atoms with Crippen LogP contribution in [0.25, 0.3) is 0 Å². The highest BCUT2D eigenvalue weighted by molar-refractivity contribution is 5.72. The van der Waals surface area contributed by atoms with E-state index in [0.717, 1.165) is 30.6 Å². The summed E-state index contributed by atoms with van der Waals surface area (Å²) in [5.74, 6) is 1.79. The lowest BCUT2D eigenvalue weighted by atomic mass is 9.54. The van der Waals surface area contributed by atoms with Crippen LogP contribution in [0.4, 0.5) is 0 Å². The Morgan fingerprint density at radius 3 is 2.30 bits per heavy atom. The standard InChI is InChI=1S/C26H44O4/c1-16(2)7-6-8-17(3)19-9-10-20-18-15-22(24(29)30)26(5,14-12-23(27)28)21(18)11-13-25(19,20)4/h16-22H,6-15H2,1-5H3,(H,27,28)(H,29,30)/t17-,18-,19-,20+,21-,22-,25-,26+/m1/s1. The molecule has 8 atom stereocenters. The van der Waals surface area contributed by atoms with E-state index >= 15 is 0 Å². The molecule has 2 N–H and O–H groups in total. The molecule has 4 nitrogen and oxygen atoms in total. The largest absolute Gasteiger partial charge is 0.481 e. The quantitative estimate of drug-likeness (QED) is 0.447. The number of carboxylic acids is 2. The lowest BCUT2D eigenvalue weighted by molar-refractivity contribution is -0.148. The van der Waals surface area contributed by atoms with Gasteiger partial charge in [0.05, 0.1) is 5.92 Å². The first-order valence-electron chi connectivity index (χ1n) is 12.4. The monoisotopic (exact) mass is 420 g/mol. The zero-order chi connectivity index (χ0) is 22.3. The van der Waals surface area contributed by atoms with Crippen LogP contribution in [0.1, 0.15) is 98.8 Å². The molecule has 3 saturated carbocycles. The summed E-state index contributed by atoms with van der Waals surface area (Å²) in [6, 6.07) is 0. The van der Waals surface area contributed by atoms with Gasteiger partial charge in [-0.2, -0.15) is 0 Å². The molecule has 0 radical (unpaired) electrons. The van der Waals surface area contributed by atoms with E-state index < -0.39 is 17.9 Å². The third-order valence-corrected chi connectivity index (χ3v) is 9.96. The van der Waals surface area contributed by atoms with E-state index in [1.807, 2.05) is 0 Å². The van der Waals surface area contributed by atoms with Crippen LogP contribution in [0, 0.1) is 52.3 Å². The van der Waals surface area contributed by atoms with Gasteiger partial charge in [-0.05, 0) is 84.9 Å². The molecule has 3 rings (SSSR count). The van der Waals surface area contributed by atoms with Gasteiger partial charge in [-0.3, -0.25) is 9.59 Å². The van der Waals surface area contributed by atoms with Crippen LogP contribution in [0.5, 0.6) is 0 Å². The summed E-state index contributed by atoms with van der Waals surface area (Å²) >= 11 is 0. The molecule has 0 aromatic carbocycles. The van der Waals surface area contributed by atoms with Crippen molar-refractivity contribution < 1.29 is 19.8 Å². The van der Waals surface area contributed by atoms with Crippen LogP contribution in [0.2, 0.25) is 0 Å². The highest BCUT2D eigenvalue weighted by atomic mass is 16.4. The Labute approximate surface area is 183 Å². The second-order valence-corrected chi connectivity index (χ2v) is 11.9. The average Bonchev–Trinajstić information content (AvgIpc) is 3.14. The topological polar surface area (TPSA) is 74.6 Å². The number of hydrogen-bond donors (Lipinski definition) is 2. The lowest BCUT2D eigenvalue weighted by Gasteiger charge is -2.51. The third-order valence-electron chi connectivity index (χ3n) is 9.96. The van der Waals surface area contributed by atoms with Gasteiger partial charge in [0.15, 0.2) is 0 Å². The van der Waals surface area contributed by atoms with Gasteiger partial charge in [0.1, 0.15) is 0 Å². The summed E-state index contributed by atoms with van der Waals surface area (Å²) in [6.45, 7) is 11.7. The fourth-order valence-electron chi connectivity index (χ4n) is 8.38. The fraction of sp³-hybridized carbons (Fsp3) is 0.923. The maximum Gasteiger partial charge on any atom is 0.307 e. The smallest absolute Gasteiger partial charge is 0.307 e. The number of hydrogen-bond acceptors (Lipinski definition) is 2. The molecule has 30 heavy (non-hydrogen) atoms. The van der Waals surface area contributed by atoms with E-state index in [1.165, 1.54) is 38.5 Å². The van der Waals surface area contributed by atoms with Crippen molar-refractivity contribution in [2.24, 2.45) is 52.3 Å². The minimum Gasteiger partial charge on any atom is -0.481 e. The SMILES string of the molecule is CC(C)CCC[C@@H](C)[C@H]1CC[C@H]2[C@H]3C[C@H](C(=O)O)[C@@](C)(CCC(=O)O)[C@@H]3CC[C@]12C. The molecule has 0 heterocycles. The van der Waals surface area contributed by atoms with E-state index in [-0.39, 0.29) is 11.8 Å². The van der Waals surface area contributed by atoms with Crippen molar-refractivity contribution in [3.8, 4) is 0 Å². The Morgan fingerprint density at radius 2 is 1.70 bits per heavy atom. The van der Waals surface area contributed by atoms with Gasteiger partial charge in [-0.15, -0.1) is 0 Å². The molecule has 0 aromatic heterocycles. The summed E-state index contributed by atoms with van der Waals surface area (Å²) in [4.78, 5) is 23.4. The molecular weight excluding hydrogens is 376 g/mol. The Bertz CT molecular complexity index is 643. The van der Waals surface area contributed by atoms with Crippen molar-refractivity contribution in [3.63, 3.8) is 0 Å². The zero-order valence-corrected chi connectivity index (χ0v) is 19.8. The molecule has 3 aliphatic carbocycles. The number of rotatable bonds is 9. The minimum absolute atomic E-state index is 0.0843. The predicted octanol–water partition coefficient (Wildman–Crippen LogP) is 6.48. The Hall–Kier alpha value is -1.06. The summed E-state index contributed by atoms with van der Waals surface area (Å²) < 4.78 is 0. The van der Waals surface area contributed by atoms with Gasteiger partial charge in [-0.25, -0.2) is 0 Å². The summed E-state index contributed by atoms with van der Waals surface area (Å²) in [6.07, 6.45) is 10.1. The number of aliphatic carboxylic acids is 2. The Balaban J connectivity index is 1.76. The van der Waals surface area contributed by atoms with Crippen molar-refractivity contribution in [1.82, 2.24) is 0 Å². The maximum atomic E-state index is 12.2. The normalized spacial score (nSPS) is 41.5. The average molecular weight is 421 g/mol. The zero-order valence-electron chi connectivity index (χ0n) is 19.8. The summed E-state index contributed by atoms with van der Waals surface area (Å²) in [5.41, 5.74) is -0.0449. The third kappa shape index (κ3) is 4.17. The molecular formula is C26H44O4. The number of carbonyl (C=O) groups is 2. The van der Waals surface area contributed by atoms with Gasteiger partial charge in [0.2, 0.25) is 0 Å². The van der Waals surface area contributed by atoms with E-state index in [0.29, 0.717) is 29.6 Å². The Morgan fingerprint density at radius 1 is 1.00 bits per heavy atom. The van der Waals surface area contributed by atoms with E-state index in [1.54, 1.807) is 0 Å². The van der Waals surface area contributed by atoms with E-state index in [4.69, 9.17) is 0 Å². The molecule has 0 spiro atoms. The van der Waals surface area contributed by atoms with E-state index in [9.17, 15) is 19.8 Å². The molecule has 0 saturated heterocycles. The number of carboxylic acid groups (broad SMARTS) is 2. The van der Waals surface area contributed by atoms with Crippen molar-refractivity contribution in [2.45, 2.75) is 98.8 Å². The minimum atomic E-state index is -0.805. The molecule has 0 amide bonds. The van der Waals surface area contributed by atoms with Crippen molar-refractivity contribution in [2.75, 3.05) is 0 Å². The number of fused-ring (bicyclic) bond motifs is 3. The molecule has 172 valence electrons. The van der Waals surface area contributed by atoms with Gasteiger partial charge in [0.25, 0.3) is 0 Å². The van der Waals surface area contributed by atoms with Crippen LogP contribution < -0.4 is 0 Å². The van der Waals surface area contributed by atoms with Crippen LogP contribution in [0.3, 0.4) is 0 Å². The lowest BCUT2D eigenvalue weighted by Crippen LogP contribution is -2.44. The maximum absolute atomic E-state index is 12.2. The molecule has 0 bridgehead atoms. The second-order valence-electron chi connectivity index (χ2n) is 11.9. The second kappa shape index (κ2) is 8.82. The van der Waals surface area contributed by atoms with E-state index in [2.05, 4.69) is 34.6 Å². The molecule has 4 heteroatoms. The van der Waals surface area contributed by atoms with Gasteiger partial charge in [0, 0.05) is 6.42 Å². The highest BCUT2D eigenvalue weighted by Gasteiger charge is 2.63. The molecule has 0 aromatic rings. The summed E-state index contributed by atoms with van der Waals surface area (Å²) in [5, 5.41) is 19.3. The van der Waals surface area contributed by atoms with Crippen molar-refractivity contribution >= 4 is 11.9 Å². The molecule has 0 unspecified atom stereocenters. The molecule has 3 aliphatic rings. The van der Waals surface area contributed by atoms with Crippen LogP contribution in [-0.4, -0.2) is 22.2 Å². The van der Waals surface area contributed by atoms with Gasteiger partial charge < -0.3 is 10.2 Å².